The van der Waals surface area contributed by atoms with Crippen molar-refractivity contribution in [2.75, 3.05) is 6.54 Å². The molecule has 0 N–H and O–H groups in total. The summed E-state index contributed by atoms with van der Waals surface area (Å²) in [7, 11) is 1.28. The first-order valence-electron chi connectivity index (χ1n) is 6.52. The van der Waals surface area contributed by atoms with E-state index in [1.165, 1.54) is 12.1 Å². The molecular formula is C13H12Cl3NO3S. The van der Waals surface area contributed by atoms with Crippen molar-refractivity contribution in [3.05, 3.63) is 27.7 Å². The lowest BCUT2D eigenvalue weighted by Gasteiger charge is -2.27. The lowest BCUT2D eigenvalue weighted by molar-refractivity contribution is 0.0703. The number of amides is 1. The fourth-order valence-corrected chi connectivity index (χ4v) is 4.97. The summed E-state index contributed by atoms with van der Waals surface area (Å²) < 4.78 is 23.1. The Labute approximate surface area is 137 Å². The number of carbonyl (C=O) groups is 1. The molecule has 1 aromatic carbocycles. The maximum atomic E-state index is 12.6. The van der Waals surface area contributed by atoms with Crippen LogP contribution >= 0.6 is 33.9 Å². The lowest BCUT2D eigenvalue weighted by atomic mass is 10.1. The summed E-state index contributed by atoms with van der Waals surface area (Å²) in [6.45, 7) is 0.715. The number of halogens is 3. The van der Waals surface area contributed by atoms with Gasteiger partial charge >= 0.3 is 0 Å². The van der Waals surface area contributed by atoms with Gasteiger partial charge in [-0.3, -0.25) is 4.79 Å². The Morgan fingerprint density at radius 3 is 2.48 bits per heavy atom. The summed E-state index contributed by atoms with van der Waals surface area (Å²) in [5.41, 5.74) is 0.205. The Hall–Kier alpha value is -0.490. The SMILES string of the molecule is O=C(c1cc(Cl)c(Cl)c(S(=O)(=O)Cl)c1)N1CC2CCC1C2. The third-order valence-corrected chi connectivity index (χ3v) is 6.43. The molecule has 4 nitrogen and oxygen atoms in total. The van der Waals surface area contributed by atoms with Crippen LogP contribution in [0.2, 0.25) is 10.0 Å². The average molecular weight is 369 g/mol. The largest absolute Gasteiger partial charge is 0.335 e. The van der Waals surface area contributed by atoms with Gasteiger partial charge in [-0.1, -0.05) is 23.2 Å². The molecule has 2 unspecified atom stereocenters. The normalized spacial score (nSPS) is 24.6. The minimum absolute atomic E-state index is 0.00565. The summed E-state index contributed by atoms with van der Waals surface area (Å²) in [5, 5.41) is -0.155. The molecule has 1 aliphatic carbocycles. The number of piperidine rings is 1. The minimum atomic E-state index is -4.06. The van der Waals surface area contributed by atoms with Gasteiger partial charge in [-0.2, -0.15) is 0 Å². The smallest absolute Gasteiger partial charge is 0.262 e. The fraction of sp³-hybridized carbons (Fsp3) is 0.462. The van der Waals surface area contributed by atoms with Gasteiger partial charge in [0.15, 0.2) is 0 Å². The number of fused-ring (bicyclic) bond motifs is 2. The molecule has 1 saturated heterocycles. The first kappa shape index (κ1) is 15.4. The van der Waals surface area contributed by atoms with E-state index < -0.39 is 9.05 Å². The maximum absolute atomic E-state index is 12.6. The van der Waals surface area contributed by atoms with Crippen LogP contribution in [0.1, 0.15) is 29.6 Å². The molecule has 21 heavy (non-hydrogen) atoms. The third-order valence-electron chi connectivity index (χ3n) is 4.17. The van der Waals surface area contributed by atoms with Crippen LogP contribution in [0.3, 0.4) is 0 Å². The first-order chi connectivity index (χ1) is 9.77. The number of carbonyl (C=O) groups excluding carboxylic acids is 1. The highest BCUT2D eigenvalue weighted by atomic mass is 35.7. The van der Waals surface area contributed by atoms with Gasteiger partial charge < -0.3 is 4.90 Å². The molecule has 3 rings (SSSR count). The lowest BCUT2D eigenvalue weighted by Crippen LogP contribution is -2.37. The van der Waals surface area contributed by atoms with E-state index in [-0.39, 0.29) is 32.5 Å². The predicted molar refractivity (Wildman–Crippen MR) is 81.7 cm³/mol. The van der Waals surface area contributed by atoms with Crippen molar-refractivity contribution in [1.82, 2.24) is 4.90 Å². The highest BCUT2D eigenvalue weighted by Crippen LogP contribution is 2.39. The fourth-order valence-electron chi connectivity index (χ4n) is 3.20. The highest BCUT2D eigenvalue weighted by molar-refractivity contribution is 8.13. The van der Waals surface area contributed by atoms with Gasteiger partial charge in [0.05, 0.1) is 10.0 Å². The second-order valence-corrected chi connectivity index (χ2v) is 8.82. The van der Waals surface area contributed by atoms with Crippen LogP contribution in [0.5, 0.6) is 0 Å². The maximum Gasteiger partial charge on any atom is 0.262 e. The van der Waals surface area contributed by atoms with Crippen LogP contribution in [0.25, 0.3) is 0 Å². The summed E-state index contributed by atoms with van der Waals surface area (Å²) in [4.78, 5) is 14.0. The molecular weight excluding hydrogens is 357 g/mol. The number of rotatable bonds is 2. The average Bonchev–Trinajstić information content (AvgIpc) is 3.01. The van der Waals surface area contributed by atoms with Crippen LogP contribution in [-0.4, -0.2) is 31.8 Å². The highest BCUT2D eigenvalue weighted by Gasteiger charge is 2.40. The number of likely N-dealkylation sites (tertiary alicyclic amines) is 1. The van der Waals surface area contributed by atoms with Gasteiger partial charge in [-0.15, -0.1) is 0 Å². The Kier molecular flexibility index (Phi) is 3.89. The van der Waals surface area contributed by atoms with E-state index in [1.807, 2.05) is 0 Å². The Bertz CT molecular complexity index is 720. The standard InChI is InChI=1S/C13H12Cl3NO3S/c14-10-4-8(5-11(12(10)15)21(16,19)20)13(18)17-6-7-1-2-9(17)3-7/h4-5,7,9H,1-3,6H2. The number of benzene rings is 1. The second kappa shape index (κ2) is 5.30. The van der Waals surface area contributed by atoms with Gasteiger partial charge in [0.2, 0.25) is 0 Å². The van der Waals surface area contributed by atoms with E-state index in [1.54, 1.807) is 4.90 Å². The van der Waals surface area contributed by atoms with Crippen LogP contribution < -0.4 is 0 Å². The molecule has 2 atom stereocenters. The molecule has 0 spiro atoms. The summed E-state index contributed by atoms with van der Waals surface area (Å²) in [6, 6.07) is 2.84. The van der Waals surface area contributed by atoms with Crippen LogP contribution in [0.15, 0.2) is 17.0 Å². The van der Waals surface area contributed by atoms with E-state index in [0.717, 1.165) is 19.3 Å². The van der Waals surface area contributed by atoms with Crippen LogP contribution in [0, 0.1) is 5.92 Å². The van der Waals surface area contributed by atoms with Crippen molar-refractivity contribution < 1.29 is 13.2 Å². The molecule has 2 fully saturated rings. The summed E-state index contributed by atoms with van der Waals surface area (Å²) >= 11 is 11.8. The quantitative estimate of drug-likeness (QED) is 0.750. The molecule has 2 aliphatic rings. The predicted octanol–water partition coefficient (Wildman–Crippen LogP) is 3.55. The molecule has 1 saturated carbocycles. The van der Waals surface area contributed by atoms with E-state index in [2.05, 4.69) is 0 Å². The molecule has 114 valence electrons. The molecule has 1 aliphatic heterocycles. The van der Waals surface area contributed by atoms with E-state index in [0.29, 0.717) is 12.5 Å². The van der Waals surface area contributed by atoms with Crippen molar-refractivity contribution >= 4 is 48.8 Å². The number of nitrogens with zero attached hydrogens (tertiary/aromatic N) is 1. The van der Waals surface area contributed by atoms with Crippen LogP contribution in [0.4, 0.5) is 0 Å². The molecule has 1 amide bonds. The van der Waals surface area contributed by atoms with Gasteiger partial charge in [0.25, 0.3) is 15.0 Å². The van der Waals surface area contributed by atoms with Gasteiger partial charge in [-0.05, 0) is 37.3 Å². The number of hydrogen-bond acceptors (Lipinski definition) is 3. The van der Waals surface area contributed by atoms with E-state index in [9.17, 15) is 13.2 Å². The van der Waals surface area contributed by atoms with E-state index >= 15 is 0 Å². The zero-order valence-corrected chi connectivity index (χ0v) is 13.9. The molecule has 0 radical (unpaired) electrons. The Morgan fingerprint density at radius 2 is 1.95 bits per heavy atom. The van der Waals surface area contributed by atoms with Crippen molar-refractivity contribution in [2.45, 2.75) is 30.2 Å². The van der Waals surface area contributed by atoms with Gasteiger partial charge in [0.1, 0.15) is 4.90 Å². The van der Waals surface area contributed by atoms with Crippen molar-refractivity contribution in [3.63, 3.8) is 0 Å². The van der Waals surface area contributed by atoms with Crippen molar-refractivity contribution in [1.29, 1.82) is 0 Å². The minimum Gasteiger partial charge on any atom is -0.335 e. The van der Waals surface area contributed by atoms with Gasteiger partial charge in [-0.25, -0.2) is 8.42 Å². The Balaban J connectivity index is 1.99. The van der Waals surface area contributed by atoms with E-state index in [4.69, 9.17) is 33.9 Å². The molecule has 8 heteroatoms. The third kappa shape index (κ3) is 2.77. The van der Waals surface area contributed by atoms with Crippen LogP contribution in [-0.2, 0) is 9.05 Å². The Morgan fingerprint density at radius 1 is 1.24 bits per heavy atom. The van der Waals surface area contributed by atoms with Crippen molar-refractivity contribution in [3.8, 4) is 0 Å². The first-order valence-corrected chi connectivity index (χ1v) is 9.58. The second-order valence-electron chi connectivity index (χ2n) is 5.50. The summed E-state index contributed by atoms with van der Waals surface area (Å²) in [6.07, 6.45) is 3.17. The monoisotopic (exact) mass is 367 g/mol. The van der Waals surface area contributed by atoms with Gasteiger partial charge in [0, 0.05) is 28.8 Å². The zero-order chi connectivity index (χ0) is 15.4. The molecule has 0 aromatic heterocycles. The zero-order valence-electron chi connectivity index (χ0n) is 10.9. The topological polar surface area (TPSA) is 54.5 Å². The number of hydrogen-bond donors (Lipinski definition) is 0. The molecule has 2 bridgehead atoms. The molecule has 1 aromatic rings. The summed E-state index contributed by atoms with van der Waals surface area (Å²) in [5.74, 6) is 0.334. The van der Waals surface area contributed by atoms with Crippen molar-refractivity contribution in [2.24, 2.45) is 5.92 Å². The molecule has 1 heterocycles.